The van der Waals surface area contributed by atoms with Crippen LogP contribution in [0.3, 0.4) is 0 Å². The second-order valence-electron chi connectivity index (χ2n) is 7.52. The number of aromatic amines is 1. The summed E-state index contributed by atoms with van der Waals surface area (Å²) in [6.07, 6.45) is -5.61. The molecule has 0 radical (unpaired) electrons. The maximum Gasteiger partial charge on any atom is 0.433 e. The molecule has 0 spiro atoms. The highest BCUT2D eigenvalue weighted by Crippen LogP contribution is 2.39. The molecule has 0 aliphatic carbocycles. The van der Waals surface area contributed by atoms with Gasteiger partial charge in [-0.2, -0.15) is 17.7 Å². The van der Waals surface area contributed by atoms with Gasteiger partial charge in [0.15, 0.2) is 16.7 Å². The van der Waals surface area contributed by atoms with E-state index in [1.165, 1.54) is 31.4 Å². The number of alkyl halides is 3. The van der Waals surface area contributed by atoms with Gasteiger partial charge in [-0.3, -0.25) is 14.7 Å². The molecule has 0 atom stereocenters. The minimum absolute atomic E-state index is 0.145. The number of methoxy groups -OCH3 is 1. The first-order valence-electron chi connectivity index (χ1n) is 10.1. The third-order valence-electron chi connectivity index (χ3n) is 5.34. The average Bonchev–Trinajstić information content (AvgIpc) is 3.41. The van der Waals surface area contributed by atoms with Gasteiger partial charge in [0.2, 0.25) is 5.89 Å². The maximum atomic E-state index is 13.9. The number of H-pyrrole nitrogens is 1. The predicted molar refractivity (Wildman–Crippen MR) is 117 cm³/mol. The van der Waals surface area contributed by atoms with E-state index in [0.717, 1.165) is 0 Å². The molecule has 0 unspecified atom stereocenters. The number of nitrogens with one attached hydrogen (secondary N) is 1. The Morgan fingerprint density at radius 1 is 1.11 bits per heavy atom. The zero-order valence-corrected chi connectivity index (χ0v) is 17.9. The molecule has 0 aliphatic rings. The van der Waals surface area contributed by atoms with Crippen LogP contribution in [0.25, 0.3) is 39.3 Å². The number of carboxylic acid groups (broad SMARTS) is 1. The van der Waals surface area contributed by atoms with Crippen molar-refractivity contribution >= 4 is 22.7 Å². The fourth-order valence-corrected chi connectivity index (χ4v) is 3.88. The highest BCUT2D eigenvalue weighted by atomic mass is 19.4. The third kappa shape index (κ3) is 3.68. The number of hydrogen-bond donors (Lipinski definition) is 2. The average molecular weight is 484 g/mol. The van der Waals surface area contributed by atoms with Gasteiger partial charge in [0.25, 0.3) is 5.56 Å². The van der Waals surface area contributed by atoms with Crippen LogP contribution in [0.5, 0.6) is 5.75 Å². The van der Waals surface area contributed by atoms with Gasteiger partial charge in [-0.15, -0.1) is 0 Å². The summed E-state index contributed by atoms with van der Waals surface area (Å²) < 4.78 is 53.4. The molecule has 5 aromatic rings. The SMILES string of the molecule is COc1cccc2oc(-c3c(CC(=O)O)nc4c(-c5ccccc5)c(C(F)(F)F)[nH]n4c3=O)nc12. The van der Waals surface area contributed by atoms with Crippen molar-refractivity contribution in [2.45, 2.75) is 12.6 Å². The summed E-state index contributed by atoms with van der Waals surface area (Å²) in [7, 11) is 1.41. The Morgan fingerprint density at radius 3 is 2.51 bits per heavy atom. The normalized spacial score (nSPS) is 11.9. The molecular weight excluding hydrogens is 469 g/mol. The van der Waals surface area contributed by atoms with Gasteiger partial charge in [0, 0.05) is 0 Å². The lowest BCUT2D eigenvalue weighted by atomic mass is 10.1. The van der Waals surface area contributed by atoms with Crippen molar-refractivity contribution in [1.82, 2.24) is 19.6 Å². The Hall–Kier alpha value is -4.61. The number of fused-ring (bicyclic) bond motifs is 2. The first-order chi connectivity index (χ1) is 16.7. The lowest BCUT2D eigenvalue weighted by molar-refractivity contribution is -0.141. The number of ether oxygens (including phenoxy) is 1. The van der Waals surface area contributed by atoms with E-state index in [2.05, 4.69) is 15.1 Å². The molecule has 9 nitrogen and oxygen atoms in total. The number of benzene rings is 2. The molecule has 0 fully saturated rings. The zero-order chi connectivity index (χ0) is 24.9. The molecule has 0 amide bonds. The Kier molecular flexibility index (Phi) is 5.08. The Labute approximate surface area is 193 Å². The van der Waals surface area contributed by atoms with Crippen LogP contribution >= 0.6 is 0 Å². The Balaban J connectivity index is 1.88. The van der Waals surface area contributed by atoms with Crippen molar-refractivity contribution in [2.24, 2.45) is 0 Å². The van der Waals surface area contributed by atoms with Gasteiger partial charge < -0.3 is 14.3 Å². The van der Waals surface area contributed by atoms with Crippen molar-refractivity contribution in [2.75, 3.05) is 7.11 Å². The zero-order valence-electron chi connectivity index (χ0n) is 17.9. The summed E-state index contributed by atoms with van der Waals surface area (Å²) in [4.78, 5) is 33.5. The van der Waals surface area contributed by atoms with Gasteiger partial charge in [0.05, 0.1) is 24.8 Å². The van der Waals surface area contributed by atoms with E-state index < -0.39 is 29.8 Å². The van der Waals surface area contributed by atoms with Crippen molar-refractivity contribution < 1.29 is 32.2 Å². The quantitative estimate of drug-likeness (QED) is 0.384. The van der Waals surface area contributed by atoms with Crippen molar-refractivity contribution in [3.05, 3.63) is 70.3 Å². The first-order valence-corrected chi connectivity index (χ1v) is 10.1. The van der Waals surface area contributed by atoms with Crippen LogP contribution in [0.2, 0.25) is 0 Å². The van der Waals surface area contributed by atoms with Gasteiger partial charge in [-0.05, 0) is 17.7 Å². The number of halogens is 3. The number of oxazole rings is 1. The van der Waals surface area contributed by atoms with Crippen LogP contribution in [0.4, 0.5) is 13.2 Å². The molecule has 3 aromatic heterocycles. The maximum absolute atomic E-state index is 13.9. The molecule has 2 N–H and O–H groups in total. The second-order valence-corrected chi connectivity index (χ2v) is 7.52. The molecule has 2 aromatic carbocycles. The van der Waals surface area contributed by atoms with E-state index in [0.29, 0.717) is 10.3 Å². The second kappa shape index (κ2) is 8.01. The fraction of sp³-hybridized carbons (Fsp3) is 0.130. The van der Waals surface area contributed by atoms with Gasteiger partial charge in [-0.1, -0.05) is 36.4 Å². The van der Waals surface area contributed by atoms with Crippen LogP contribution in [0.1, 0.15) is 11.4 Å². The summed E-state index contributed by atoms with van der Waals surface area (Å²) in [5.41, 5.74) is -2.99. The fourth-order valence-electron chi connectivity index (χ4n) is 3.88. The van der Waals surface area contributed by atoms with E-state index in [9.17, 15) is 27.9 Å². The van der Waals surface area contributed by atoms with Gasteiger partial charge in [0.1, 0.15) is 17.0 Å². The number of carboxylic acids is 1. The number of aromatic nitrogens is 4. The minimum Gasteiger partial charge on any atom is -0.494 e. The van der Waals surface area contributed by atoms with Gasteiger partial charge in [-0.25, -0.2) is 9.97 Å². The molecule has 12 heteroatoms. The molecule has 35 heavy (non-hydrogen) atoms. The molecule has 0 aliphatic heterocycles. The van der Waals surface area contributed by atoms with Crippen LogP contribution in [0, 0.1) is 0 Å². The van der Waals surface area contributed by atoms with Crippen molar-refractivity contribution in [3.63, 3.8) is 0 Å². The number of para-hydroxylation sites is 1. The third-order valence-corrected chi connectivity index (χ3v) is 5.34. The highest BCUT2D eigenvalue weighted by molar-refractivity contribution is 5.85. The van der Waals surface area contributed by atoms with E-state index in [1.54, 1.807) is 24.3 Å². The summed E-state index contributed by atoms with van der Waals surface area (Å²) in [6.45, 7) is 0. The molecule has 0 bridgehead atoms. The lowest BCUT2D eigenvalue weighted by Crippen LogP contribution is -2.22. The molecular formula is C23H15F3N4O5. The van der Waals surface area contributed by atoms with Crippen LogP contribution in [-0.2, 0) is 17.4 Å². The molecule has 5 rings (SSSR count). The number of nitrogens with zero attached hydrogens (tertiary/aromatic N) is 3. The molecule has 3 heterocycles. The highest BCUT2D eigenvalue weighted by Gasteiger charge is 2.39. The molecule has 0 saturated heterocycles. The van der Waals surface area contributed by atoms with E-state index in [4.69, 9.17) is 9.15 Å². The number of hydrogen-bond acceptors (Lipinski definition) is 6. The van der Waals surface area contributed by atoms with E-state index >= 15 is 0 Å². The number of carbonyl (C=O) groups is 1. The topological polar surface area (TPSA) is 123 Å². The van der Waals surface area contributed by atoms with Crippen LogP contribution in [-0.4, -0.2) is 37.8 Å². The van der Waals surface area contributed by atoms with Crippen molar-refractivity contribution in [1.29, 1.82) is 0 Å². The summed E-state index contributed by atoms with van der Waals surface area (Å²) in [5.74, 6) is -1.31. The van der Waals surface area contributed by atoms with E-state index in [1.807, 2.05) is 0 Å². The lowest BCUT2D eigenvalue weighted by Gasteiger charge is -2.07. The standard InChI is InChI=1S/C23H15F3N4O5/c1-34-13-8-5-9-14-18(13)28-21(35-14)17-12(10-15(31)32)27-20-16(11-6-3-2-4-7-11)19(23(24,25)26)29-30(20)22(17)33/h2-9,29H,10H2,1H3,(H,31,32). The van der Waals surface area contributed by atoms with Crippen LogP contribution in [0.15, 0.2) is 57.7 Å². The number of aliphatic carboxylic acids is 1. The van der Waals surface area contributed by atoms with E-state index in [-0.39, 0.29) is 45.0 Å². The summed E-state index contributed by atoms with van der Waals surface area (Å²) in [6, 6.07) is 12.3. The van der Waals surface area contributed by atoms with Gasteiger partial charge >= 0.3 is 12.1 Å². The van der Waals surface area contributed by atoms with Crippen LogP contribution < -0.4 is 10.3 Å². The molecule has 0 saturated carbocycles. The largest absolute Gasteiger partial charge is 0.494 e. The summed E-state index contributed by atoms with van der Waals surface area (Å²) >= 11 is 0. The Morgan fingerprint density at radius 2 is 1.86 bits per heavy atom. The first kappa shape index (κ1) is 22.2. The Bertz CT molecular complexity index is 1650. The van der Waals surface area contributed by atoms with Crippen molar-refractivity contribution in [3.8, 4) is 28.3 Å². The number of rotatable bonds is 5. The molecule has 178 valence electrons. The monoisotopic (exact) mass is 484 g/mol. The predicted octanol–water partition coefficient (Wildman–Crippen LogP) is 4.15. The minimum atomic E-state index is -4.86. The smallest absolute Gasteiger partial charge is 0.433 e. The summed E-state index contributed by atoms with van der Waals surface area (Å²) in [5, 5.41) is 11.5.